The first kappa shape index (κ1) is 17.7. The number of methoxy groups -OCH3 is 1. The topological polar surface area (TPSA) is 70.1 Å². The van der Waals surface area contributed by atoms with E-state index in [-0.39, 0.29) is 36.2 Å². The molecule has 0 radical (unpaired) electrons. The Morgan fingerprint density at radius 1 is 1.28 bits per heavy atom. The molecule has 2 aliphatic rings. The number of piperidine rings is 1. The van der Waals surface area contributed by atoms with Crippen LogP contribution in [0.15, 0.2) is 24.3 Å². The average molecular weight is 346 g/mol. The third-order valence-electron chi connectivity index (χ3n) is 5.71. The first-order valence-corrected chi connectivity index (χ1v) is 8.75. The fraction of sp³-hybridized carbons (Fsp3) is 0.579. The first-order chi connectivity index (χ1) is 12.0. The second-order valence-electron chi connectivity index (χ2n) is 7.21. The van der Waals surface area contributed by atoms with Crippen LogP contribution in [0.2, 0.25) is 0 Å². The summed E-state index contributed by atoms with van der Waals surface area (Å²) in [5.41, 5.74) is 0.479. The van der Waals surface area contributed by atoms with E-state index in [2.05, 4.69) is 0 Å². The monoisotopic (exact) mass is 346 g/mol. The highest BCUT2D eigenvalue weighted by molar-refractivity contribution is 5.80. The molecule has 0 spiro atoms. The van der Waals surface area contributed by atoms with Gasteiger partial charge in [0.25, 0.3) is 0 Å². The summed E-state index contributed by atoms with van der Waals surface area (Å²) in [4.78, 5) is 28.2. The summed E-state index contributed by atoms with van der Waals surface area (Å²) in [5.74, 6) is 1.05. The molecule has 1 N–H and O–H groups in total. The molecule has 0 aliphatic carbocycles. The quantitative estimate of drug-likeness (QED) is 0.880. The van der Waals surface area contributed by atoms with E-state index in [9.17, 15) is 14.7 Å². The minimum atomic E-state index is -0.389. The molecule has 3 rings (SSSR count). The van der Waals surface area contributed by atoms with Crippen LogP contribution in [-0.2, 0) is 16.0 Å². The van der Waals surface area contributed by atoms with E-state index >= 15 is 0 Å². The van der Waals surface area contributed by atoms with Gasteiger partial charge in [-0.2, -0.15) is 0 Å². The Morgan fingerprint density at radius 3 is 2.68 bits per heavy atom. The number of ether oxygens (including phenoxy) is 1. The van der Waals surface area contributed by atoms with Gasteiger partial charge in [-0.15, -0.1) is 0 Å². The molecule has 1 aromatic rings. The Bertz CT molecular complexity index is 663. The van der Waals surface area contributed by atoms with Crippen LogP contribution >= 0.6 is 0 Å². The van der Waals surface area contributed by atoms with Gasteiger partial charge in [0.2, 0.25) is 11.8 Å². The second kappa shape index (κ2) is 7.04. The number of hydrogen-bond donors (Lipinski definition) is 1. The zero-order valence-corrected chi connectivity index (χ0v) is 14.9. The first-order valence-electron chi connectivity index (χ1n) is 8.75. The summed E-state index contributed by atoms with van der Waals surface area (Å²) in [6.07, 6.45) is 1.11. The van der Waals surface area contributed by atoms with E-state index in [1.807, 2.05) is 29.2 Å². The van der Waals surface area contributed by atoms with Crippen LogP contribution < -0.4 is 4.74 Å². The molecule has 2 fully saturated rings. The number of fused-ring (bicyclic) bond motifs is 1. The maximum Gasteiger partial charge on any atom is 0.227 e. The van der Waals surface area contributed by atoms with Gasteiger partial charge in [0, 0.05) is 44.1 Å². The largest absolute Gasteiger partial charge is 0.496 e. The molecule has 0 bridgehead atoms. The lowest BCUT2D eigenvalue weighted by atomic mass is 9.74. The van der Waals surface area contributed by atoms with Crippen LogP contribution in [0.25, 0.3) is 0 Å². The van der Waals surface area contributed by atoms with E-state index in [1.165, 1.54) is 0 Å². The lowest BCUT2D eigenvalue weighted by Crippen LogP contribution is -2.53. The highest BCUT2D eigenvalue weighted by Gasteiger charge is 2.50. The number of carbonyl (C=O) groups is 2. The van der Waals surface area contributed by atoms with Crippen molar-refractivity contribution in [3.63, 3.8) is 0 Å². The molecule has 0 unspecified atom stereocenters. The number of aliphatic hydroxyl groups is 1. The molecule has 6 nitrogen and oxygen atoms in total. The van der Waals surface area contributed by atoms with E-state index in [4.69, 9.17) is 4.74 Å². The van der Waals surface area contributed by atoms with Gasteiger partial charge in [-0.25, -0.2) is 0 Å². The summed E-state index contributed by atoms with van der Waals surface area (Å²) in [6.45, 7) is 3.96. The molecule has 2 heterocycles. The fourth-order valence-corrected chi connectivity index (χ4v) is 4.19. The predicted octanol–water partition coefficient (Wildman–Crippen LogP) is 0.927. The number of aliphatic hydroxyl groups excluding tert-OH is 1. The molecule has 2 saturated heterocycles. The third kappa shape index (κ3) is 3.35. The highest BCUT2D eigenvalue weighted by atomic mass is 16.5. The number of para-hydroxylation sites is 1. The van der Waals surface area contributed by atoms with Crippen molar-refractivity contribution >= 4 is 11.8 Å². The van der Waals surface area contributed by atoms with E-state index in [0.717, 1.165) is 12.0 Å². The molecule has 0 aromatic heterocycles. The van der Waals surface area contributed by atoms with Gasteiger partial charge >= 0.3 is 0 Å². The summed E-state index contributed by atoms with van der Waals surface area (Å²) in [6, 6.07) is 7.53. The van der Waals surface area contributed by atoms with Crippen molar-refractivity contribution in [2.75, 3.05) is 39.9 Å². The van der Waals surface area contributed by atoms with Crippen molar-refractivity contribution in [3.05, 3.63) is 29.8 Å². The molecule has 25 heavy (non-hydrogen) atoms. The Hall–Kier alpha value is -2.08. The summed E-state index contributed by atoms with van der Waals surface area (Å²) in [7, 11) is 1.60. The number of amides is 2. The van der Waals surface area contributed by atoms with Crippen LogP contribution in [0.4, 0.5) is 0 Å². The number of hydrogen-bond acceptors (Lipinski definition) is 4. The lowest BCUT2D eigenvalue weighted by molar-refractivity contribution is -0.135. The fourth-order valence-electron chi connectivity index (χ4n) is 4.19. The summed E-state index contributed by atoms with van der Waals surface area (Å²) >= 11 is 0. The number of carbonyl (C=O) groups excluding carboxylic acids is 2. The number of rotatable bonds is 4. The summed E-state index contributed by atoms with van der Waals surface area (Å²) < 4.78 is 5.33. The van der Waals surface area contributed by atoms with Gasteiger partial charge in [0.05, 0.1) is 20.1 Å². The minimum Gasteiger partial charge on any atom is -0.496 e. The van der Waals surface area contributed by atoms with Crippen molar-refractivity contribution in [3.8, 4) is 5.75 Å². The van der Waals surface area contributed by atoms with Crippen LogP contribution in [0.5, 0.6) is 5.75 Å². The molecule has 0 saturated carbocycles. The molecule has 136 valence electrons. The normalized spacial score (nSPS) is 25.6. The van der Waals surface area contributed by atoms with E-state index in [0.29, 0.717) is 31.9 Å². The zero-order chi connectivity index (χ0) is 18.0. The minimum absolute atomic E-state index is 0.000114. The Kier molecular flexibility index (Phi) is 4.99. The van der Waals surface area contributed by atoms with E-state index < -0.39 is 0 Å². The second-order valence-corrected chi connectivity index (χ2v) is 7.21. The molecular formula is C19H26N2O4. The van der Waals surface area contributed by atoms with Gasteiger partial charge in [0.15, 0.2) is 0 Å². The van der Waals surface area contributed by atoms with Gasteiger partial charge < -0.3 is 19.6 Å². The number of benzene rings is 1. The molecule has 2 atom stereocenters. The number of nitrogens with zero attached hydrogens (tertiary/aromatic N) is 2. The van der Waals surface area contributed by atoms with Gasteiger partial charge in [-0.05, 0) is 18.4 Å². The van der Waals surface area contributed by atoms with E-state index in [1.54, 1.807) is 18.9 Å². The molecule has 2 aliphatic heterocycles. The predicted molar refractivity (Wildman–Crippen MR) is 93.2 cm³/mol. The number of likely N-dealkylation sites (tertiary alicyclic amines) is 2. The highest BCUT2D eigenvalue weighted by Crippen LogP contribution is 2.42. The van der Waals surface area contributed by atoms with Crippen LogP contribution in [0.1, 0.15) is 18.9 Å². The van der Waals surface area contributed by atoms with Crippen LogP contribution in [-0.4, -0.2) is 66.6 Å². The average Bonchev–Trinajstić information content (AvgIpc) is 3.02. The Labute approximate surface area is 148 Å². The van der Waals surface area contributed by atoms with Crippen molar-refractivity contribution < 1.29 is 19.4 Å². The zero-order valence-electron chi connectivity index (χ0n) is 14.9. The van der Waals surface area contributed by atoms with Gasteiger partial charge in [-0.3, -0.25) is 9.59 Å². The van der Waals surface area contributed by atoms with Gasteiger partial charge in [0.1, 0.15) is 5.75 Å². The van der Waals surface area contributed by atoms with Crippen molar-refractivity contribution in [1.82, 2.24) is 9.80 Å². The molecule has 1 aromatic carbocycles. The standard InChI is InChI=1S/C19H26N2O4/c1-14(23)21-10-16-7-8-20(11-19(16,12-21)13-22)18(24)9-15-5-3-4-6-17(15)25-2/h3-6,16,22H,7-13H2,1-2H3/t16-,19+/m0/s1. The smallest absolute Gasteiger partial charge is 0.227 e. The molecule has 2 amide bonds. The maximum atomic E-state index is 12.8. The lowest BCUT2D eigenvalue weighted by Gasteiger charge is -2.43. The van der Waals surface area contributed by atoms with Gasteiger partial charge in [-0.1, -0.05) is 18.2 Å². The SMILES string of the molecule is COc1ccccc1CC(=O)N1CC[C@H]2CN(C(C)=O)C[C@@]2(CO)C1. The third-order valence-corrected chi connectivity index (χ3v) is 5.71. The van der Waals surface area contributed by atoms with Crippen molar-refractivity contribution in [2.45, 2.75) is 19.8 Å². The molecular weight excluding hydrogens is 320 g/mol. The Balaban J connectivity index is 1.72. The Morgan fingerprint density at radius 2 is 2.00 bits per heavy atom. The molecule has 6 heteroatoms. The summed E-state index contributed by atoms with van der Waals surface area (Å²) in [5, 5.41) is 10.0. The van der Waals surface area contributed by atoms with Crippen LogP contribution in [0, 0.1) is 11.3 Å². The van der Waals surface area contributed by atoms with Crippen molar-refractivity contribution in [1.29, 1.82) is 0 Å². The van der Waals surface area contributed by atoms with Crippen molar-refractivity contribution in [2.24, 2.45) is 11.3 Å². The maximum absolute atomic E-state index is 12.8. The van der Waals surface area contributed by atoms with Crippen LogP contribution in [0.3, 0.4) is 0 Å².